The van der Waals surface area contributed by atoms with Crippen LogP contribution in [0.1, 0.15) is 21.5 Å². The molecule has 0 aliphatic heterocycles. The molecule has 0 fully saturated rings. The zero-order valence-electron chi connectivity index (χ0n) is 10.4. The molecule has 5 heteroatoms. The molecule has 20 heavy (non-hydrogen) atoms. The third-order valence-corrected chi connectivity index (χ3v) is 2.76. The molecule has 0 aromatic heterocycles. The summed E-state index contributed by atoms with van der Waals surface area (Å²) in [5, 5.41) is 20.4. The standard InChI is InChI=1S/C15H11FN2O2/c16-13-7-10(8-17)4-5-14(13)18-9-11-2-1-3-12(6-11)15(19)20/h1-7,18H,9H2,(H,19,20). The maximum absolute atomic E-state index is 13.6. The van der Waals surface area contributed by atoms with Crippen LogP contribution in [0.2, 0.25) is 0 Å². The summed E-state index contributed by atoms with van der Waals surface area (Å²) >= 11 is 0. The highest BCUT2D eigenvalue weighted by atomic mass is 19.1. The Morgan fingerprint density at radius 1 is 1.30 bits per heavy atom. The lowest BCUT2D eigenvalue weighted by Gasteiger charge is -2.08. The number of aromatic carboxylic acids is 1. The molecule has 0 spiro atoms. The van der Waals surface area contributed by atoms with Gasteiger partial charge in [-0.05, 0) is 35.9 Å². The van der Waals surface area contributed by atoms with E-state index in [-0.39, 0.29) is 16.8 Å². The van der Waals surface area contributed by atoms with Gasteiger partial charge in [-0.2, -0.15) is 5.26 Å². The van der Waals surface area contributed by atoms with Gasteiger partial charge < -0.3 is 10.4 Å². The first-order valence-corrected chi connectivity index (χ1v) is 5.86. The van der Waals surface area contributed by atoms with E-state index in [2.05, 4.69) is 5.32 Å². The summed E-state index contributed by atoms with van der Waals surface area (Å²) in [6, 6.07) is 12.4. The number of hydrogen-bond donors (Lipinski definition) is 2. The second kappa shape index (κ2) is 5.85. The zero-order valence-corrected chi connectivity index (χ0v) is 10.4. The van der Waals surface area contributed by atoms with Crippen LogP contribution in [0, 0.1) is 17.1 Å². The topological polar surface area (TPSA) is 73.1 Å². The SMILES string of the molecule is N#Cc1ccc(NCc2cccc(C(=O)O)c2)c(F)c1. The first-order valence-electron chi connectivity index (χ1n) is 5.86. The summed E-state index contributed by atoms with van der Waals surface area (Å²) < 4.78 is 13.6. The van der Waals surface area contributed by atoms with Crippen molar-refractivity contribution in [3.05, 3.63) is 65.0 Å². The Hall–Kier alpha value is -2.87. The number of hydrogen-bond acceptors (Lipinski definition) is 3. The Morgan fingerprint density at radius 2 is 2.10 bits per heavy atom. The second-order valence-electron chi connectivity index (χ2n) is 4.17. The van der Waals surface area contributed by atoms with E-state index in [1.165, 1.54) is 24.3 Å². The van der Waals surface area contributed by atoms with Gasteiger partial charge in [0.15, 0.2) is 0 Å². The minimum Gasteiger partial charge on any atom is -0.478 e. The lowest BCUT2D eigenvalue weighted by Crippen LogP contribution is -2.03. The first kappa shape index (κ1) is 13.6. The van der Waals surface area contributed by atoms with Crippen LogP contribution in [-0.4, -0.2) is 11.1 Å². The van der Waals surface area contributed by atoms with Crippen LogP contribution in [0.4, 0.5) is 10.1 Å². The molecular formula is C15H11FN2O2. The molecule has 2 N–H and O–H groups in total. The van der Waals surface area contributed by atoms with E-state index in [1.807, 2.05) is 6.07 Å². The third-order valence-electron chi connectivity index (χ3n) is 2.76. The second-order valence-corrected chi connectivity index (χ2v) is 4.17. The van der Waals surface area contributed by atoms with Crippen molar-refractivity contribution in [2.75, 3.05) is 5.32 Å². The highest BCUT2D eigenvalue weighted by Gasteiger charge is 2.05. The normalized spacial score (nSPS) is 9.80. The van der Waals surface area contributed by atoms with Gasteiger partial charge in [0.2, 0.25) is 0 Å². The summed E-state index contributed by atoms with van der Waals surface area (Å²) in [6.45, 7) is 0.296. The zero-order chi connectivity index (χ0) is 14.5. The summed E-state index contributed by atoms with van der Waals surface area (Å²) in [6.07, 6.45) is 0. The highest BCUT2D eigenvalue weighted by molar-refractivity contribution is 5.87. The average Bonchev–Trinajstić information content (AvgIpc) is 2.46. The van der Waals surface area contributed by atoms with Gasteiger partial charge in [-0.25, -0.2) is 9.18 Å². The van der Waals surface area contributed by atoms with Crippen molar-refractivity contribution in [3.8, 4) is 6.07 Å². The van der Waals surface area contributed by atoms with Gasteiger partial charge in [0, 0.05) is 6.54 Å². The average molecular weight is 270 g/mol. The molecule has 0 amide bonds. The molecule has 0 bridgehead atoms. The minimum absolute atomic E-state index is 0.185. The molecule has 0 aliphatic carbocycles. The van der Waals surface area contributed by atoms with Crippen molar-refractivity contribution in [2.24, 2.45) is 0 Å². The maximum atomic E-state index is 13.6. The van der Waals surface area contributed by atoms with E-state index in [0.717, 1.165) is 11.6 Å². The van der Waals surface area contributed by atoms with Gasteiger partial charge in [0.25, 0.3) is 0 Å². The number of nitrogens with zero attached hydrogens (tertiary/aromatic N) is 1. The van der Waals surface area contributed by atoms with Gasteiger partial charge in [-0.15, -0.1) is 0 Å². The fraction of sp³-hybridized carbons (Fsp3) is 0.0667. The molecule has 0 heterocycles. The Balaban J connectivity index is 2.11. The molecule has 0 saturated carbocycles. The van der Waals surface area contributed by atoms with Gasteiger partial charge in [0.1, 0.15) is 5.82 Å². The van der Waals surface area contributed by atoms with Gasteiger partial charge >= 0.3 is 5.97 Å². The van der Waals surface area contributed by atoms with Crippen LogP contribution in [0.3, 0.4) is 0 Å². The number of carbonyl (C=O) groups is 1. The fourth-order valence-corrected chi connectivity index (χ4v) is 1.74. The van der Waals surface area contributed by atoms with Crippen molar-refractivity contribution in [1.82, 2.24) is 0 Å². The molecule has 0 unspecified atom stereocenters. The Labute approximate surface area is 115 Å². The summed E-state index contributed by atoms with van der Waals surface area (Å²) in [4.78, 5) is 10.8. The molecule has 100 valence electrons. The van der Waals surface area contributed by atoms with Crippen molar-refractivity contribution >= 4 is 11.7 Å². The Morgan fingerprint density at radius 3 is 2.75 bits per heavy atom. The van der Waals surface area contributed by atoms with E-state index < -0.39 is 11.8 Å². The van der Waals surface area contributed by atoms with Crippen molar-refractivity contribution in [1.29, 1.82) is 5.26 Å². The quantitative estimate of drug-likeness (QED) is 0.895. The first-order chi connectivity index (χ1) is 9.60. The Kier molecular flexibility index (Phi) is 3.96. The maximum Gasteiger partial charge on any atom is 0.335 e. The van der Waals surface area contributed by atoms with E-state index in [0.29, 0.717) is 6.54 Å². The van der Waals surface area contributed by atoms with E-state index >= 15 is 0 Å². The number of rotatable bonds is 4. The molecule has 0 radical (unpaired) electrons. The molecule has 2 rings (SSSR count). The van der Waals surface area contributed by atoms with Crippen LogP contribution in [-0.2, 0) is 6.54 Å². The number of benzene rings is 2. The molecule has 4 nitrogen and oxygen atoms in total. The number of nitrogens with one attached hydrogen (secondary N) is 1. The van der Waals surface area contributed by atoms with E-state index in [4.69, 9.17) is 10.4 Å². The smallest absolute Gasteiger partial charge is 0.335 e. The lowest BCUT2D eigenvalue weighted by molar-refractivity contribution is 0.0697. The number of carboxylic acid groups (broad SMARTS) is 1. The molecule has 2 aromatic rings. The van der Waals surface area contributed by atoms with Crippen molar-refractivity contribution in [2.45, 2.75) is 6.54 Å². The predicted molar refractivity (Wildman–Crippen MR) is 71.8 cm³/mol. The van der Waals surface area contributed by atoms with Crippen LogP contribution >= 0.6 is 0 Å². The summed E-state index contributed by atoms with van der Waals surface area (Å²) in [7, 11) is 0. The molecule has 0 aliphatic rings. The van der Waals surface area contributed by atoms with Gasteiger partial charge in [-0.1, -0.05) is 12.1 Å². The number of halogens is 1. The van der Waals surface area contributed by atoms with Crippen LogP contribution in [0.5, 0.6) is 0 Å². The monoisotopic (exact) mass is 270 g/mol. The molecular weight excluding hydrogens is 259 g/mol. The lowest BCUT2D eigenvalue weighted by atomic mass is 10.1. The summed E-state index contributed by atoms with van der Waals surface area (Å²) in [5.74, 6) is -1.52. The highest BCUT2D eigenvalue weighted by Crippen LogP contribution is 2.16. The van der Waals surface area contributed by atoms with Crippen molar-refractivity contribution in [3.63, 3.8) is 0 Å². The number of nitriles is 1. The fourth-order valence-electron chi connectivity index (χ4n) is 1.74. The Bertz CT molecular complexity index is 693. The third kappa shape index (κ3) is 3.12. The number of carboxylic acids is 1. The van der Waals surface area contributed by atoms with Crippen LogP contribution in [0.15, 0.2) is 42.5 Å². The molecule has 0 atom stereocenters. The minimum atomic E-state index is -1.00. The van der Waals surface area contributed by atoms with E-state index in [9.17, 15) is 9.18 Å². The van der Waals surface area contributed by atoms with E-state index in [1.54, 1.807) is 12.1 Å². The van der Waals surface area contributed by atoms with Gasteiger partial charge in [-0.3, -0.25) is 0 Å². The number of anilines is 1. The summed E-state index contributed by atoms with van der Waals surface area (Å²) in [5.41, 5.74) is 1.43. The van der Waals surface area contributed by atoms with Crippen LogP contribution < -0.4 is 5.32 Å². The largest absolute Gasteiger partial charge is 0.478 e. The molecule has 2 aromatic carbocycles. The van der Waals surface area contributed by atoms with Crippen LogP contribution in [0.25, 0.3) is 0 Å². The van der Waals surface area contributed by atoms with Crippen molar-refractivity contribution < 1.29 is 14.3 Å². The van der Waals surface area contributed by atoms with Gasteiger partial charge in [0.05, 0.1) is 22.9 Å². The predicted octanol–water partition coefficient (Wildman–Crippen LogP) is 3.01. The molecule has 0 saturated heterocycles.